The Balaban J connectivity index is 1.88. The summed E-state index contributed by atoms with van der Waals surface area (Å²) in [5, 5.41) is 1.77. The molecule has 0 aliphatic heterocycles. The molecule has 3 aromatic rings. The van der Waals surface area contributed by atoms with E-state index in [1.165, 1.54) is 11.6 Å². The fraction of sp³-hybridized carbons (Fsp3) is 0.176. The molecular formula is C17H15BrFN3. The standard InChI is InChI=1S/C17H15BrFN3/c1-22(11-7-12-4-8-20-9-5-12)17-14-2-3-15(19)16(18)13(14)6-10-21-17/h2-6,8-10H,7,11H2,1H3. The Morgan fingerprint density at radius 3 is 2.59 bits per heavy atom. The quantitative estimate of drug-likeness (QED) is 0.698. The highest BCUT2D eigenvalue weighted by atomic mass is 79.9. The Hall–Kier alpha value is -2.01. The number of likely N-dealkylation sites (N-methyl/N-ethyl adjacent to an activating group) is 1. The van der Waals surface area contributed by atoms with Crippen LogP contribution in [-0.2, 0) is 6.42 Å². The van der Waals surface area contributed by atoms with Gasteiger partial charge in [0.15, 0.2) is 0 Å². The third-order valence-electron chi connectivity index (χ3n) is 3.66. The Kier molecular flexibility index (Phi) is 4.34. The minimum Gasteiger partial charge on any atom is -0.359 e. The molecule has 0 amide bonds. The summed E-state index contributed by atoms with van der Waals surface area (Å²) in [6, 6.07) is 9.09. The van der Waals surface area contributed by atoms with Crippen LogP contribution in [0, 0.1) is 5.82 Å². The van der Waals surface area contributed by atoms with Crippen LogP contribution in [0.15, 0.2) is 53.4 Å². The molecule has 2 aromatic heterocycles. The second-order valence-corrected chi connectivity index (χ2v) is 5.91. The lowest BCUT2D eigenvalue weighted by Gasteiger charge is -2.20. The maximum absolute atomic E-state index is 13.7. The molecule has 0 aliphatic carbocycles. The zero-order chi connectivity index (χ0) is 15.5. The van der Waals surface area contributed by atoms with Gasteiger partial charge < -0.3 is 4.90 Å². The highest BCUT2D eigenvalue weighted by Gasteiger charge is 2.11. The Bertz CT molecular complexity index is 793. The smallest absolute Gasteiger partial charge is 0.138 e. The topological polar surface area (TPSA) is 29.0 Å². The van der Waals surface area contributed by atoms with Crippen molar-refractivity contribution in [1.82, 2.24) is 9.97 Å². The number of hydrogen-bond donors (Lipinski definition) is 0. The molecular weight excluding hydrogens is 345 g/mol. The molecule has 0 saturated carbocycles. The van der Waals surface area contributed by atoms with Crippen LogP contribution in [-0.4, -0.2) is 23.6 Å². The Morgan fingerprint density at radius 2 is 1.82 bits per heavy atom. The van der Waals surface area contributed by atoms with Crippen LogP contribution < -0.4 is 4.90 Å². The first kappa shape index (κ1) is 14.9. The first-order valence-electron chi connectivity index (χ1n) is 6.99. The monoisotopic (exact) mass is 359 g/mol. The van der Waals surface area contributed by atoms with Gasteiger partial charge in [-0.15, -0.1) is 0 Å². The molecule has 5 heteroatoms. The molecule has 0 spiro atoms. The molecule has 0 atom stereocenters. The van der Waals surface area contributed by atoms with Gasteiger partial charge in [-0.2, -0.15) is 0 Å². The third-order valence-corrected chi connectivity index (χ3v) is 4.46. The Labute approximate surface area is 136 Å². The normalized spacial score (nSPS) is 10.9. The van der Waals surface area contributed by atoms with Crippen molar-refractivity contribution in [2.45, 2.75) is 6.42 Å². The van der Waals surface area contributed by atoms with Crippen LogP contribution in [0.2, 0.25) is 0 Å². The van der Waals surface area contributed by atoms with Gasteiger partial charge in [0.25, 0.3) is 0 Å². The molecule has 1 aromatic carbocycles. The van der Waals surface area contributed by atoms with Gasteiger partial charge in [-0.1, -0.05) is 0 Å². The lowest BCUT2D eigenvalue weighted by molar-refractivity contribution is 0.623. The van der Waals surface area contributed by atoms with Gasteiger partial charge >= 0.3 is 0 Å². The molecule has 2 heterocycles. The van der Waals surface area contributed by atoms with Crippen LogP contribution >= 0.6 is 15.9 Å². The maximum Gasteiger partial charge on any atom is 0.138 e. The molecule has 22 heavy (non-hydrogen) atoms. The van der Waals surface area contributed by atoms with Gasteiger partial charge in [-0.3, -0.25) is 4.98 Å². The van der Waals surface area contributed by atoms with Gasteiger partial charge in [-0.25, -0.2) is 9.37 Å². The van der Waals surface area contributed by atoms with E-state index in [1.54, 1.807) is 24.7 Å². The summed E-state index contributed by atoms with van der Waals surface area (Å²) in [7, 11) is 2.00. The minimum atomic E-state index is -0.260. The molecule has 3 nitrogen and oxygen atoms in total. The number of benzene rings is 1. The number of anilines is 1. The summed E-state index contributed by atoms with van der Waals surface area (Å²) in [6.07, 6.45) is 6.21. The largest absolute Gasteiger partial charge is 0.359 e. The van der Waals surface area contributed by atoms with E-state index < -0.39 is 0 Å². The molecule has 3 rings (SSSR count). The highest BCUT2D eigenvalue weighted by Crippen LogP contribution is 2.31. The fourth-order valence-electron chi connectivity index (χ4n) is 2.43. The van der Waals surface area contributed by atoms with Gasteiger partial charge in [-0.05, 0) is 58.2 Å². The lowest BCUT2D eigenvalue weighted by Crippen LogP contribution is -2.21. The SMILES string of the molecule is CN(CCc1ccncc1)c1nccc2c(Br)c(F)ccc12. The summed E-state index contributed by atoms with van der Waals surface area (Å²) in [6.45, 7) is 0.825. The number of rotatable bonds is 4. The predicted molar refractivity (Wildman–Crippen MR) is 90.6 cm³/mol. The number of fused-ring (bicyclic) bond motifs is 1. The summed E-state index contributed by atoms with van der Waals surface area (Å²) < 4.78 is 14.1. The number of aromatic nitrogens is 2. The van der Waals surface area contributed by atoms with Crippen molar-refractivity contribution < 1.29 is 4.39 Å². The van der Waals surface area contributed by atoms with Crippen molar-refractivity contribution in [3.63, 3.8) is 0 Å². The van der Waals surface area contributed by atoms with Gasteiger partial charge in [0, 0.05) is 43.0 Å². The van der Waals surface area contributed by atoms with Crippen molar-refractivity contribution in [3.05, 3.63) is 64.8 Å². The number of nitrogens with zero attached hydrogens (tertiary/aromatic N) is 3. The average Bonchev–Trinajstić information content (AvgIpc) is 2.56. The van der Waals surface area contributed by atoms with Crippen molar-refractivity contribution >= 4 is 32.5 Å². The van der Waals surface area contributed by atoms with E-state index in [2.05, 4.69) is 30.8 Å². The molecule has 0 saturated heterocycles. The highest BCUT2D eigenvalue weighted by molar-refractivity contribution is 9.10. The second kappa shape index (κ2) is 6.40. The van der Waals surface area contributed by atoms with Crippen molar-refractivity contribution in [2.75, 3.05) is 18.5 Å². The van der Waals surface area contributed by atoms with Crippen molar-refractivity contribution in [1.29, 1.82) is 0 Å². The van der Waals surface area contributed by atoms with Crippen molar-refractivity contribution in [3.8, 4) is 0 Å². The van der Waals surface area contributed by atoms with E-state index in [0.717, 1.165) is 29.6 Å². The minimum absolute atomic E-state index is 0.260. The van der Waals surface area contributed by atoms with E-state index in [4.69, 9.17) is 0 Å². The van der Waals surface area contributed by atoms with Gasteiger partial charge in [0.1, 0.15) is 11.6 Å². The van der Waals surface area contributed by atoms with Gasteiger partial charge in [0.05, 0.1) is 4.47 Å². The first-order valence-corrected chi connectivity index (χ1v) is 7.79. The number of hydrogen-bond acceptors (Lipinski definition) is 3. The second-order valence-electron chi connectivity index (χ2n) is 5.12. The van der Waals surface area contributed by atoms with E-state index >= 15 is 0 Å². The maximum atomic E-state index is 13.7. The average molecular weight is 360 g/mol. The number of halogens is 2. The summed E-state index contributed by atoms with van der Waals surface area (Å²) in [5.41, 5.74) is 1.23. The third kappa shape index (κ3) is 2.95. The molecule has 0 radical (unpaired) electrons. The molecule has 112 valence electrons. The summed E-state index contributed by atoms with van der Waals surface area (Å²) in [5.74, 6) is 0.594. The van der Waals surface area contributed by atoms with Crippen LogP contribution in [0.25, 0.3) is 10.8 Å². The van der Waals surface area contributed by atoms with E-state index in [0.29, 0.717) is 4.47 Å². The zero-order valence-electron chi connectivity index (χ0n) is 12.1. The zero-order valence-corrected chi connectivity index (χ0v) is 13.7. The molecule has 0 aliphatic rings. The molecule has 0 N–H and O–H groups in total. The van der Waals surface area contributed by atoms with Crippen LogP contribution in [0.1, 0.15) is 5.56 Å². The predicted octanol–water partition coefficient (Wildman–Crippen LogP) is 4.21. The Morgan fingerprint density at radius 1 is 1.05 bits per heavy atom. The van der Waals surface area contributed by atoms with Crippen LogP contribution in [0.3, 0.4) is 0 Å². The molecule has 0 fully saturated rings. The molecule has 0 unspecified atom stereocenters. The van der Waals surface area contributed by atoms with E-state index in [-0.39, 0.29) is 5.82 Å². The summed E-state index contributed by atoms with van der Waals surface area (Å²) in [4.78, 5) is 10.6. The van der Waals surface area contributed by atoms with E-state index in [9.17, 15) is 4.39 Å². The van der Waals surface area contributed by atoms with Gasteiger partial charge in [0.2, 0.25) is 0 Å². The van der Waals surface area contributed by atoms with Crippen molar-refractivity contribution in [2.24, 2.45) is 0 Å². The number of pyridine rings is 2. The fourth-order valence-corrected chi connectivity index (χ4v) is 2.91. The first-order chi connectivity index (χ1) is 10.7. The summed E-state index contributed by atoms with van der Waals surface area (Å²) >= 11 is 3.31. The van der Waals surface area contributed by atoms with Crippen LogP contribution in [0.4, 0.5) is 10.2 Å². The lowest BCUT2D eigenvalue weighted by atomic mass is 10.1. The van der Waals surface area contributed by atoms with Crippen LogP contribution in [0.5, 0.6) is 0 Å². The van der Waals surface area contributed by atoms with E-state index in [1.807, 2.05) is 25.2 Å². The molecule has 0 bridgehead atoms.